The molecular formula is C22H29N5O4. The van der Waals surface area contributed by atoms with E-state index < -0.39 is 5.91 Å². The molecule has 0 radical (unpaired) electrons. The number of rotatable bonds is 7. The Labute approximate surface area is 181 Å². The number of urea groups is 1. The van der Waals surface area contributed by atoms with E-state index in [9.17, 15) is 14.4 Å². The summed E-state index contributed by atoms with van der Waals surface area (Å²) in [5.74, 6) is -0.528. The third kappa shape index (κ3) is 5.04. The molecule has 2 heterocycles. The van der Waals surface area contributed by atoms with Gasteiger partial charge in [0, 0.05) is 38.1 Å². The first kappa shape index (κ1) is 22.3. The first-order chi connectivity index (χ1) is 15.0. The molecule has 2 aromatic rings. The molecule has 1 saturated heterocycles. The minimum Gasteiger partial charge on any atom is -0.495 e. The lowest BCUT2D eigenvalue weighted by atomic mass is 10.0. The highest BCUT2D eigenvalue weighted by Crippen LogP contribution is 2.31. The number of unbranched alkanes of at least 4 members (excludes halogenated alkanes) is 1. The van der Waals surface area contributed by atoms with Gasteiger partial charge >= 0.3 is 6.03 Å². The van der Waals surface area contributed by atoms with Gasteiger partial charge in [0.1, 0.15) is 11.3 Å². The Kier molecular flexibility index (Phi) is 7.28. The van der Waals surface area contributed by atoms with Crippen LogP contribution >= 0.6 is 0 Å². The van der Waals surface area contributed by atoms with E-state index in [1.54, 1.807) is 21.9 Å². The molecule has 31 heavy (non-hydrogen) atoms. The lowest BCUT2D eigenvalue weighted by Crippen LogP contribution is -2.53. The van der Waals surface area contributed by atoms with E-state index in [1.807, 2.05) is 12.1 Å². The lowest BCUT2D eigenvalue weighted by molar-refractivity contribution is -0.131. The summed E-state index contributed by atoms with van der Waals surface area (Å²) in [6, 6.07) is 7.14. The van der Waals surface area contributed by atoms with Crippen LogP contribution in [0.5, 0.6) is 5.75 Å². The van der Waals surface area contributed by atoms with Crippen LogP contribution in [0.4, 0.5) is 4.79 Å². The summed E-state index contributed by atoms with van der Waals surface area (Å²) < 4.78 is 5.45. The Morgan fingerprint density at radius 3 is 2.45 bits per heavy atom. The summed E-state index contributed by atoms with van der Waals surface area (Å²) in [4.78, 5) is 45.2. The van der Waals surface area contributed by atoms with Crippen LogP contribution in [0, 0.1) is 0 Å². The number of benzene rings is 1. The number of nitrogens with zero attached hydrogens (tertiary/aromatic N) is 3. The van der Waals surface area contributed by atoms with Crippen LogP contribution in [-0.4, -0.2) is 72.5 Å². The summed E-state index contributed by atoms with van der Waals surface area (Å²) in [6.45, 7) is 4.50. The Hall–Kier alpha value is -3.36. The number of methoxy groups -OCH3 is 1. The molecule has 9 heteroatoms. The molecule has 3 N–H and O–H groups in total. The van der Waals surface area contributed by atoms with Crippen molar-refractivity contribution in [2.24, 2.45) is 5.73 Å². The van der Waals surface area contributed by atoms with Crippen molar-refractivity contribution >= 4 is 28.7 Å². The van der Waals surface area contributed by atoms with Gasteiger partial charge in [-0.2, -0.15) is 0 Å². The van der Waals surface area contributed by atoms with E-state index in [1.165, 1.54) is 7.11 Å². The maximum Gasteiger partial charge on any atom is 0.317 e. The highest BCUT2D eigenvalue weighted by Gasteiger charge is 2.27. The number of amides is 4. The molecule has 1 fully saturated rings. The normalized spacial score (nSPS) is 13.9. The zero-order valence-corrected chi connectivity index (χ0v) is 18.0. The van der Waals surface area contributed by atoms with E-state index in [4.69, 9.17) is 10.5 Å². The first-order valence-corrected chi connectivity index (χ1v) is 10.5. The highest BCUT2D eigenvalue weighted by molar-refractivity contribution is 6.03. The number of ether oxygens (including phenoxy) is 1. The van der Waals surface area contributed by atoms with Crippen LogP contribution in [0.3, 0.4) is 0 Å². The fourth-order valence-electron chi connectivity index (χ4n) is 3.72. The number of hydrogen-bond acceptors (Lipinski definition) is 5. The highest BCUT2D eigenvalue weighted by atomic mass is 16.5. The van der Waals surface area contributed by atoms with E-state index in [0.717, 1.165) is 12.8 Å². The number of primary amides is 1. The zero-order chi connectivity index (χ0) is 22.4. The van der Waals surface area contributed by atoms with E-state index in [-0.39, 0.29) is 23.9 Å². The van der Waals surface area contributed by atoms with Crippen molar-refractivity contribution in [1.82, 2.24) is 20.1 Å². The number of aromatic nitrogens is 1. The van der Waals surface area contributed by atoms with Gasteiger partial charge < -0.3 is 25.6 Å². The van der Waals surface area contributed by atoms with Crippen LogP contribution in [0.2, 0.25) is 0 Å². The Morgan fingerprint density at radius 1 is 1.13 bits per heavy atom. The number of hydrogen-bond donors (Lipinski definition) is 2. The summed E-state index contributed by atoms with van der Waals surface area (Å²) in [5.41, 5.74) is 6.66. The summed E-state index contributed by atoms with van der Waals surface area (Å²) in [7, 11) is 1.46. The van der Waals surface area contributed by atoms with Crippen molar-refractivity contribution < 1.29 is 19.1 Å². The predicted molar refractivity (Wildman–Crippen MR) is 117 cm³/mol. The van der Waals surface area contributed by atoms with Crippen molar-refractivity contribution in [2.75, 3.05) is 39.8 Å². The maximum absolute atomic E-state index is 12.9. The minimum absolute atomic E-state index is 0.0673. The minimum atomic E-state index is -0.688. The predicted octanol–water partition coefficient (Wildman–Crippen LogP) is 1.54. The topological polar surface area (TPSA) is 118 Å². The molecule has 1 aliphatic heterocycles. The summed E-state index contributed by atoms with van der Waals surface area (Å²) in [5, 5.41) is 3.56. The molecule has 0 atom stereocenters. The molecule has 0 unspecified atom stereocenters. The second-order valence-corrected chi connectivity index (χ2v) is 7.48. The van der Waals surface area contributed by atoms with Crippen molar-refractivity contribution in [3.63, 3.8) is 0 Å². The summed E-state index contributed by atoms with van der Waals surface area (Å²) in [6.07, 6.45) is 1.89. The number of carbonyl (C=O) groups excluding carboxylic acids is 3. The van der Waals surface area contributed by atoms with Crippen molar-refractivity contribution in [3.8, 4) is 5.75 Å². The molecular weight excluding hydrogens is 398 g/mol. The molecule has 4 amide bonds. The van der Waals surface area contributed by atoms with Gasteiger partial charge in [-0.3, -0.25) is 14.6 Å². The standard InChI is InChI=1S/C22H29N5O4/c1-3-4-9-24-22(30)27-12-10-26(11-13-27)18(28)14-17-19(21(23)29)20(31-2)15-7-5-6-8-16(15)25-17/h5-8H,3-4,9-14H2,1-2H3,(H2,23,29)(H,24,30). The maximum atomic E-state index is 12.9. The number of nitrogens with one attached hydrogen (secondary N) is 1. The number of piperazine rings is 1. The van der Waals surface area contributed by atoms with Gasteiger partial charge in [-0.15, -0.1) is 0 Å². The monoisotopic (exact) mass is 427 g/mol. The fourth-order valence-corrected chi connectivity index (χ4v) is 3.72. The van der Waals surface area contributed by atoms with Gasteiger partial charge in [-0.1, -0.05) is 25.5 Å². The van der Waals surface area contributed by atoms with Crippen molar-refractivity contribution in [3.05, 3.63) is 35.5 Å². The smallest absolute Gasteiger partial charge is 0.317 e. The number of fused-ring (bicyclic) bond motifs is 1. The molecule has 1 aromatic heterocycles. The molecule has 0 spiro atoms. The van der Waals surface area contributed by atoms with Crippen LogP contribution in [0.1, 0.15) is 35.8 Å². The van der Waals surface area contributed by atoms with E-state index >= 15 is 0 Å². The molecule has 1 aromatic carbocycles. The van der Waals surface area contributed by atoms with Crippen molar-refractivity contribution in [2.45, 2.75) is 26.2 Å². The largest absolute Gasteiger partial charge is 0.495 e. The first-order valence-electron chi connectivity index (χ1n) is 10.5. The fraction of sp³-hybridized carbons (Fsp3) is 0.455. The molecule has 9 nitrogen and oxygen atoms in total. The van der Waals surface area contributed by atoms with Gasteiger partial charge in [0.25, 0.3) is 5.91 Å². The second-order valence-electron chi connectivity index (χ2n) is 7.48. The zero-order valence-electron chi connectivity index (χ0n) is 18.0. The van der Waals surface area contributed by atoms with Crippen LogP contribution < -0.4 is 15.8 Å². The Balaban J connectivity index is 1.72. The van der Waals surface area contributed by atoms with Crippen LogP contribution in [-0.2, 0) is 11.2 Å². The molecule has 0 bridgehead atoms. The number of nitrogens with two attached hydrogens (primary N) is 1. The average molecular weight is 428 g/mol. The van der Waals surface area contributed by atoms with Crippen molar-refractivity contribution in [1.29, 1.82) is 0 Å². The van der Waals surface area contributed by atoms with E-state index in [2.05, 4.69) is 17.2 Å². The summed E-state index contributed by atoms with van der Waals surface area (Å²) >= 11 is 0. The molecule has 3 rings (SSSR count). The van der Waals surface area contributed by atoms with Crippen LogP contribution in [0.25, 0.3) is 10.9 Å². The average Bonchev–Trinajstić information content (AvgIpc) is 2.78. The third-order valence-corrected chi connectivity index (χ3v) is 5.42. The molecule has 166 valence electrons. The van der Waals surface area contributed by atoms with Gasteiger partial charge in [0.05, 0.1) is 24.7 Å². The Bertz CT molecular complexity index is 970. The molecule has 0 aliphatic carbocycles. The third-order valence-electron chi connectivity index (χ3n) is 5.42. The number of pyridine rings is 1. The second kappa shape index (κ2) is 10.1. The van der Waals surface area contributed by atoms with Gasteiger partial charge in [0.2, 0.25) is 5.91 Å². The van der Waals surface area contributed by atoms with Crippen LogP contribution in [0.15, 0.2) is 24.3 Å². The van der Waals surface area contributed by atoms with Gasteiger partial charge in [-0.25, -0.2) is 4.79 Å². The quantitative estimate of drug-likeness (QED) is 0.650. The Morgan fingerprint density at radius 2 is 1.81 bits per heavy atom. The molecule has 1 aliphatic rings. The van der Waals surface area contributed by atoms with E-state index in [0.29, 0.717) is 55.1 Å². The van der Waals surface area contributed by atoms with Gasteiger partial charge in [-0.05, 0) is 18.6 Å². The molecule has 0 saturated carbocycles. The number of carbonyl (C=O) groups is 3. The lowest BCUT2D eigenvalue weighted by Gasteiger charge is -2.34. The van der Waals surface area contributed by atoms with Gasteiger partial charge in [0.15, 0.2) is 0 Å². The SMILES string of the molecule is CCCCNC(=O)N1CCN(C(=O)Cc2nc3ccccc3c(OC)c2C(N)=O)CC1. The number of para-hydroxylation sites is 1.